The molecule has 1 aromatic heterocycles. The van der Waals surface area contributed by atoms with Crippen molar-refractivity contribution in [2.24, 2.45) is 5.92 Å². The molecule has 69 heavy (non-hydrogen) atoms. The van der Waals surface area contributed by atoms with E-state index >= 15 is 0 Å². The molecule has 3 aliphatic carbocycles. The van der Waals surface area contributed by atoms with Crippen LogP contribution in [0.3, 0.4) is 0 Å². The lowest BCUT2D eigenvalue weighted by Crippen LogP contribution is -2.45. The molecule has 2 heteroatoms. The highest BCUT2D eigenvalue weighted by molar-refractivity contribution is 6.11. The summed E-state index contributed by atoms with van der Waals surface area (Å²) in [6.07, 6.45) is 5.00. The minimum atomic E-state index is -0.595. The first kappa shape index (κ1) is 39.7. The van der Waals surface area contributed by atoms with Gasteiger partial charge in [0.05, 0.1) is 21.9 Å². The molecule has 326 valence electrons. The van der Waals surface area contributed by atoms with Crippen LogP contribution in [0.4, 0.5) is 17.1 Å². The molecule has 0 aliphatic heterocycles. The average molecular weight is 881 g/mol. The molecule has 0 bridgehead atoms. The maximum Gasteiger partial charge on any atom is 0.0705 e. The van der Waals surface area contributed by atoms with Crippen LogP contribution in [-0.4, -0.2) is 4.57 Å². The van der Waals surface area contributed by atoms with Crippen LogP contribution in [0.5, 0.6) is 0 Å². The molecule has 11 aromatic rings. The van der Waals surface area contributed by atoms with Crippen LogP contribution in [0.25, 0.3) is 38.3 Å². The van der Waals surface area contributed by atoms with Gasteiger partial charge < -0.3 is 9.47 Å². The first-order valence-electron chi connectivity index (χ1n) is 24.4. The highest BCUT2D eigenvalue weighted by Gasteiger charge is 2.61. The Kier molecular flexibility index (Phi) is 8.79. The summed E-state index contributed by atoms with van der Waals surface area (Å²) in [4.78, 5) is 2.42. The Morgan fingerprint density at radius 1 is 0.406 bits per heavy atom. The summed E-state index contributed by atoms with van der Waals surface area (Å²) in [5.41, 5.74) is 18.1. The number of anilines is 3. The Bertz CT molecular complexity index is 3860. The van der Waals surface area contributed by atoms with Gasteiger partial charge in [-0.1, -0.05) is 207 Å². The summed E-state index contributed by atoms with van der Waals surface area (Å²) >= 11 is 0. The molecule has 0 saturated heterocycles. The van der Waals surface area contributed by atoms with Gasteiger partial charge in [0.25, 0.3) is 0 Å². The molecule has 0 radical (unpaired) electrons. The molecule has 0 amide bonds. The lowest BCUT2D eigenvalue weighted by atomic mass is 9.50. The van der Waals surface area contributed by atoms with E-state index in [2.05, 4.69) is 277 Å². The molecule has 0 fully saturated rings. The van der Waals surface area contributed by atoms with Crippen molar-refractivity contribution in [3.05, 3.63) is 311 Å². The van der Waals surface area contributed by atoms with Crippen molar-refractivity contribution in [3.8, 4) is 5.69 Å². The monoisotopic (exact) mass is 880 g/mol. The number of aromatic nitrogens is 1. The number of allylic oxidation sites excluding steroid dienone is 4. The summed E-state index contributed by atoms with van der Waals surface area (Å²) in [7, 11) is 0. The second-order valence-electron chi connectivity index (χ2n) is 19.2. The lowest BCUT2D eigenvalue weighted by molar-refractivity contribution is 0.531. The summed E-state index contributed by atoms with van der Waals surface area (Å²) < 4.78 is 2.42. The first-order chi connectivity index (χ1) is 34.2. The maximum absolute atomic E-state index is 2.51. The zero-order valence-electron chi connectivity index (χ0n) is 38.4. The molecule has 10 aromatic carbocycles. The Balaban J connectivity index is 0.987. The number of hydrogen-bond acceptors (Lipinski definition) is 1. The number of hydrogen-bond donors (Lipinski definition) is 0. The van der Waals surface area contributed by atoms with Crippen LogP contribution in [0.1, 0.15) is 51.8 Å². The Morgan fingerprint density at radius 3 is 1.71 bits per heavy atom. The van der Waals surface area contributed by atoms with Gasteiger partial charge in [-0.05, 0) is 127 Å². The fourth-order valence-electron chi connectivity index (χ4n) is 13.1. The van der Waals surface area contributed by atoms with Crippen molar-refractivity contribution < 1.29 is 0 Å². The topological polar surface area (TPSA) is 8.17 Å². The standard InChI is InChI=1S/C67H48N2/c1-45-33-41-61-65-64(45)56-28-13-15-29-58(56)67(65,49-23-7-3-8-24-49)60-31-17-16-30-59(60)66(61,48-21-5-2-6-22-48)50-35-38-52(39-36-50)68(51-25-9-4-10-26-51)54-40-42-63-57(44-54)55-27-14-18-32-62(55)69(63)53-37-34-46-19-11-12-20-47(46)43-53/h2-45,64H,1H3. The van der Waals surface area contributed by atoms with E-state index in [0.29, 0.717) is 5.92 Å². The predicted octanol–water partition coefficient (Wildman–Crippen LogP) is 16.7. The zero-order valence-corrected chi connectivity index (χ0v) is 38.4. The summed E-state index contributed by atoms with van der Waals surface area (Å²) in [5.74, 6) is 0.558. The van der Waals surface area contributed by atoms with Gasteiger partial charge in [-0.3, -0.25) is 0 Å². The van der Waals surface area contributed by atoms with E-state index in [1.165, 1.54) is 82.7 Å². The second kappa shape index (κ2) is 15.3. The normalized spacial score (nSPS) is 20.0. The van der Waals surface area contributed by atoms with Gasteiger partial charge in [0, 0.05) is 39.4 Å². The third-order valence-corrected chi connectivity index (χ3v) is 15.8. The van der Waals surface area contributed by atoms with Gasteiger partial charge in [-0.2, -0.15) is 0 Å². The van der Waals surface area contributed by atoms with Crippen LogP contribution in [0.2, 0.25) is 0 Å². The predicted molar refractivity (Wildman–Crippen MR) is 287 cm³/mol. The molecule has 0 N–H and O–H groups in total. The van der Waals surface area contributed by atoms with Crippen molar-refractivity contribution in [1.82, 2.24) is 4.57 Å². The SMILES string of the molecule is CC1C=CC2=C3C1c1ccccc1C3(c1ccccc1)c1ccccc1C2(c1ccccc1)c1ccc(N(c2ccccc2)c2ccc3c(c2)c2ccccc2n3-c2ccc3ccccc3c2)cc1. The van der Waals surface area contributed by atoms with Crippen LogP contribution in [-0.2, 0) is 10.8 Å². The highest BCUT2D eigenvalue weighted by atomic mass is 15.1. The van der Waals surface area contributed by atoms with Crippen LogP contribution >= 0.6 is 0 Å². The Hall–Kier alpha value is -8.46. The minimum Gasteiger partial charge on any atom is -0.310 e. The van der Waals surface area contributed by atoms with Gasteiger partial charge >= 0.3 is 0 Å². The largest absolute Gasteiger partial charge is 0.310 e. The molecule has 0 spiro atoms. The highest BCUT2D eigenvalue weighted by Crippen LogP contribution is 2.69. The molecular formula is C67H48N2. The van der Waals surface area contributed by atoms with Gasteiger partial charge in [0.2, 0.25) is 0 Å². The number of nitrogens with zero attached hydrogens (tertiary/aromatic N) is 2. The van der Waals surface area contributed by atoms with Gasteiger partial charge in [0.15, 0.2) is 0 Å². The molecular weight excluding hydrogens is 833 g/mol. The third-order valence-electron chi connectivity index (χ3n) is 15.8. The second-order valence-corrected chi connectivity index (χ2v) is 19.2. The molecule has 3 aliphatic rings. The van der Waals surface area contributed by atoms with E-state index in [9.17, 15) is 0 Å². The van der Waals surface area contributed by atoms with E-state index in [0.717, 1.165) is 22.7 Å². The number of para-hydroxylation sites is 2. The molecule has 14 rings (SSSR count). The van der Waals surface area contributed by atoms with Crippen LogP contribution in [0, 0.1) is 5.92 Å². The summed E-state index contributed by atoms with van der Waals surface area (Å²) in [5, 5.41) is 4.93. The van der Waals surface area contributed by atoms with Crippen molar-refractivity contribution in [1.29, 1.82) is 0 Å². The number of rotatable bonds is 7. The average Bonchev–Trinajstić information content (AvgIpc) is 3.93. The lowest BCUT2D eigenvalue weighted by Gasteiger charge is -2.51. The Morgan fingerprint density at radius 2 is 0.957 bits per heavy atom. The first-order valence-corrected chi connectivity index (χ1v) is 24.4. The van der Waals surface area contributed by atoms with Crippen molar-refractivity contribution in [2.45, 2.75) is 23.7 Å². The third kappa shape index (κ3) is 5.55. The quantitative estimate of drug-likeness (QED) is 0.155. The fourth-order valence-corrected chi connectivity index (χ4v) is 13.1. The van der Waals surface area contributed by atoms with E-state index in [4.69, 9.17) is 0 Å². The molecule has 0 saturated carbocycles. The zero-order chi connectivity index (χ0) is 45.7. The summed E-state index contributed by atoms with van der Waals surface area (Å²) in [6.45, 7) is 2.42. The molecule has 4 atom stereocenters. The van der Waals surface area contributed by atoms with Crippen LogP contribution in [0.15, 0.2) is 272 Å². The van der Waals surface area contributed by atoms with E-state index in [1.54, 1.807) is 0 Å². The molecule has 2 nitrogen and oxygen atoms in total. The van der Waals surface area contributed by atoms with Gasteiger partial charge in [-0.15, -0.1) is 0 Å². The van der Waals surface area contributed by atoms with Gasteiger partial charge in [0.1, 0.15) is 0 Å². The van der Waals surface area contributed by atoms with E-state index < -0.39 is 10.8 Å². The number of benzene rings is 10. The maximum atomic E-state index is 2.51. The Labute approximate surface area is 403 Å². The van der Waals surface area contributed by atoms with E-state index in [-0.39, 0.29) is 5.92 Å². The smallest absolute Gasteiger partial charge is 0.0705 e. The van der Waals surface area contributed by atoms with E-state index in [1.807, 2.05) is 0 Å². The van der Waals surface area contributed by atoms with Crippen molar-refractivity contribution in [2.75, 3.05) is 4.90 Å². The fraction of sp³-hybridized carbons (Fsp3) is 0.0746. The summed E-state index contributed by atoms with van der Waals surface area (Å²) in [6, 6.07) is 93.0. The molecule has 1 heterocycles. The van der Waals surface area contributed by atoms with Crippen molar-refractivity contribution in [3.63, 3.8) is 0 Å². The molecule has 4 unspecified atom stereocenters. The van der Waals surface area contributed by atoms with Crippen LogP contribution < -0.4 is 4.90 Å². The van der Waals surface area contributed by atoms with Gasteiger partial charge in [-0.25, -0.2) is 0 Å². The minimum absolute atomic E-state index is 0.229. The number of fused-ring (bicyclic) bond motifs is 9. The van der Waals surface area contributed by atoms with Crippen molar-refractivity contribution >= 4 is 49.6 Å².